The summed E-state index contributed by atoms with van der Waals surface area (Å²) in [5.41, 5.74) is 6.17. The highest BCUT2D eigenvalue weighted by molar-refractivity contribution is 6.02. The molecule has 10 nitrogen and oxygen atoms in total. The lowest BCUT2D eigenvalue weighted by Crippen LogP contribution is -2.53. The van der Waals surface area contributed by atoms with Crippen molar-refractivity contribution < 1.29 is 28.7 Å². The van der Waals surface area contributed by atoms with Gasteiger partial charge in [0.25, 0.3) is 5.91 Å². The lowest BCUT2D eigenvalue weighted by atomic mass is 9.96. The van der Waals surface area contributed by atoms with Crippen molar-refractivity contribution in [2.24, 2.45) is 11.7 Å². The van der Waals surface area contributed by atoms with Crippen LogP contribution >= 0.6 is 0 Å². The van der Waals surface area contributed by atoms with Crippen LogP contribution in [0.15, 0.2) is 24.3 Å². The lowest BCUT2D eigenvalue weighted by molar-refractivity contribution is -0.131. The molecule has 10 heteroatoms. The summed E-state index contributed by atoms with van der Waals surface area (Å²) in [6, 6.07) is 5.33. The Hall–Kier alpha value is -3.40. The fourth-order valence-electron chi connectivity index (χ4n) is 5.37. The first-order chi connectivity index (χ1) is 17.5. The van der Waals surface area contributed by atoms with Crippen LogP contribution in [0.1, 0.15) is 63.4 Å². The molecule has 1 aromatic heterocycles. The van der Waals surface area contributed by atoms with Gasteiger partial charge >= 0.3 is 0 Å². The second kappa shape index (κ2) is 10.5. The van der Waals surface area contributed by atoms with Gasteiger partial charge in [-0.15, -0.1) is 0 Å². The van der Waals surface area contributed by atoms with E-state index in [4.69, 9.17) is 15.2 Å². The predicted molar refractivity (Wildman–Crippen MR) is 137 cm³/mol. The number of primary amides is 1. The number of likely N-dealkylation sites (tertiary alicyclic amines) is 1. The number of nitrogens with one attached hydrogen (secondary N) is 2. The second-order valence-electron chi connectivity index (χ2n) is 10.9. The van der Waals surface area contributed by atoms with Crippen LogP contribution in [0.5, 0.6) is 5.75 Å². The molecular weight excluding hydrogens is 476 g/mol. The van der Waals surface area contributed by atoms with Crippen LogP contribution in [-0.4, -0.2) is 70.8 Å². The number of hydrogen-bond acceptors (Lipinski definition) is 6. The van der Waals surface area contributed by atoms with E-state index in [1.54, 1.807) is 13.2 Å². The van der Waals surface area contributed by atoms with Crippen LogP contribution in [0.3, 0.4) is 0 Å². The number of Topliss-reactive ketones (excluding diaryl/α,β-unsaturated/α-hetero) is 1. The topological polar surface area (TPSA) is 144 Å². The lowest BCUT2D eigenvalue weighted by Gasteiger charge is -2.26. The van der Waals surface area contributed by atoms with E-state index in [2.05, 4.69) is 10.3 Å². The third kappa shape index (κ3) is 5.95. The van der Waals surface area contributed by atoms with Crippen LogP contribution in [-0.2, 0) is 19.1 Å². The zero-order valence-electron chi connectivity index (χ0n) is 21.8. The molecule has 1 aromatic carbocycles. The minimum absolute atomic E-state index is 0.0889. The number of H-pyrrole nitrogens is 1. The van der Waals surface area contributed by atoms with Crippen LogP contribution in [0.2, 0.25) is 0 Å². The summed E-state index contributed by atoms with van der Waals surface area (Å²) in [7, 11) is 1.56. The van der Waals surface area contributed by atoms with Crippen molar-refractivity contribution in [3.63, 3.8) is 0 Å². The molecule has 2 fully saturated rings. The first-order valence-electron chi connectivity index (χ1n) is 12.7. The number of carbonyl (C=O) groups excluding carboxylic acids is 4. The minimum atomic E-state index is -0.989. The Morgan fingerprint density at radius 3 is 2.65 bits per heavy atom. The molecule has 1 saturated carbocycles. The molecule has 2 aliphatic rings. The van der Waals surface area contributed by atoms with Gasteiger partial charge in [0.15, 0.2) is 0 Å². The smallest absolute Gasteiger partial charge is 0.271 e. The molecule has 0 spiro atoms. The van der Waals surface area contributed by atoms with E-state index in [9.17, 15) is 19.2 Å². The van der Waals surface area contributed by atoms with Gasteiger partial charge in [-0.25, -0.2) is 0 Å². The fraction of sp³-hybridized carbons (Fsp3) is 0.556. The van der Waals surface area contributed by atoms with E-state index in [1.807, 2.05) is 39.0 Å². The SMILES string of the molecule is COc1cccc2[nH]c(C(=O)N3C[C@H](OC(C)(C)C)C[C@H]3C(=O)N[C@@H](C[C@@H]3CCCC3=O)C(N)=O)cc12. The van der Waals surface area contributed by atoms with E-state index in [-0.39, 0.29) is 43.1 Å². The Kier molecular flexibility index (Phi) is 7.59. The minimum Gasteiger partial charge on any atom is -0.496 e. The number of nitrogens with zero attached hydrogens (tertiary/aromatic N) is 1. The van der Waals surface area contributed by atoms with Gasteiger partial charge in [-0.05, 0) is 58.2 Å². The molecule has 2 heterocycles. The van der Waals surface area contributed by atoms with Gasteiger partial charge in [-0.1, -0.05) is 6.07 Å². The molecule has 4 N–H and O–H groups in total. The normalized spacial score (nSPS) is 22.9. The molecule has 4 rings (SSSR count). The largest absolute Gasteiger partial charge is 0.496 e. The molecule has 0 unspecified atom stereocenters. The van der Waals surface area contributed by atoms with Gasteiger partial charge in [0.2, 0.25) is 11.8 Å². The summed E-state index contributed by atoms with van der Waals surface area (Å²) >= 11 is 0. The zero-order valence-corrected chi connectivity index (χ0v) is 21.8. The van der Waals surface area contributed by atoms with Crippen molar-refractivity contribution in [3.05, 3.63) is 30.0 Å². The highest BCUT2D eigenvalue weighted by Gasteiger charge is 2.43. The number of fused-ring (bicyclic) bond motifs is 1. The number of benzene rings is 1. The van der Waals surface area contributed by atoms with Crippen molar-refractivity contribution in [3.8, 4) is 5.75 Å². The van der Waals surface area contributed by atoms with Gasteiger partial charge in [0.05, 0.1) is 18.8 Å². The number of ketones is 1. The molecule has 0 radical (unpaired) electrons. The highest BCUT2D eigenvalue weighted by atomic mass is 16.5. The Balaban J connectivity index is 1.57. The van der Waals surface area contributed by atoms with E-state index in [0.717, 1.165) is 17.3 Å². The average molecular weight is 513 g/mol. The van der Waals surface area contributed by atoms with Gasteiger partial charge in [0, 0.05) is 36.2 Å². The molecule has 37 heavy (non-hydrogen) atoms. The summed E-state index contributed by atoms with van der Waals surface area (Å²) in [6.07, 6.45) is 2.00. The first-order valence-corrected chi connectivity index (χ1v) is 12.7. The summed E-state index contributed by atoms with van der Waals surface area (Å²) in [4.78, 5) is 56.0. The van der Waals surface area contributed by atoms with Crippen molar-refractivity contribution in [1.82, 2.24) is 15.2 Å². The Bertz CT molecular complexity index is 1200. The maximum atomic E-state index is 13.7. The molecule has 3 amide bonds. The number of aromatic amines is 1. The maximum Gasteiger partial charge on any atom is 0.271 e. The Labute approximate surface area is 216 Å². The number of aromatic nitrogens is 1. The summed E-state index contributed by atoms with van der Waals surface area (Å²) in [5, 5.41) is 3.48. The second-order valence-corrected chi connectivity index (χ2v) is 10.9. The average Bonchev–Trinajstić information content (AvgIpc) is 3.55. The summed E-state index contributed by atoms with van der Waals surface area (Å²) in [6.45, 7) is 5.96. The number of rotatable bonds is 8. The standard InChI is InChI=1S/C27H36N4O6/c1-27(2,3)37-16-12-21(25(34)30-19(24(28)33)11-15-7-5-9-22(15)32)31(14-16)26(35)20-13-17-18(29-20)8-6-10-23(17)36-4/h6,8,10,13,15-16,19,21,29H,5,7,9,11-12,14H2,1-4H3,(H2,28,33)(H,30,34)/t15-,16+,19-,21-/m0/s1. The summed E-state index contributed by atoms with van der Waals surface area (Å²) in [5.74, 6) is -1.13. The maximum absolute atomic E-state index is 13.7. The predicted octanol–water partition coefficient (Wildman–Crippen LogP) is 2.30. The molecule has 4 atom stereocenters. The van der Waals surface area contributed by atoms with Crippen LogP contribution in [0, 0.1) is 5.92 Å². The molecule has 200 valence electrons. The number of methoxy groups -OCH3 is 1. The first kappa shape index (κ1) is 26.7. The molecule has 1 saturated heterocycles. The van der Waals surface area contributed by atoms with Crippen molar-refractivity contribution >= 4 is 34.4 Å². The van der Waals surface area contributed by atoms with E-state index in [1.165, 1.54) is 4.90 Å². The van der Waals surface area contributed by atoms with Gasteiger partial charge in [0.1, 0.15) is 29.3 Å². The van der Waals surface area contributed by atoms with E-state index in [0.29, 0.717) is 24.3 Å². The molecule has 2 aromatic rings. The van der Waals surface area contributed by atoms with Crippen LogP contribution < -0.4 is 15.8 Å². The monoisotopic (exact) mass is 512 g/mol. The number of nitrogens with two attached hydrogens (primary N) is 1. The molecular formula is C27H36N4O6. The van der Waals surface area contributed by atoms with Gasteiger partial charge in [-0.3, -0.25) is 19.2 Å². The van der Waals surface area contributed by atoms with Gasteiger partial charge in [-0.2, -0.15) is 0 Å². The van der Waals surface area contributed by atoms with Crippen LogP contribution in [0.4, 0.5) is 0 Å². The number of amides is 3. The Morgan fingerprint density at radius 1 is 1.27 bits per heavy atom. The molecule has 1 aliphatic heterocycles. The summed E-state index contributed by atoms with van der Waals surface area (Å²) < 4.78 is 11.5. The third-order valence-corrected chi connectivity index (χ3v) is 7.03. The number of hydrogen-bond donors (Lipinski definition) is 3. The Morgan fingerprint density at radius 2 is 2.03 bits per heavy atom. The quantitative estimate of drug-likeness (QED) is 0.495. The number of carbonyl (C=O) groups is 4. The third-order valence-electron chi connectivity index (χ3n) is 7.03. The highest BCUT2D eigenvalue weighted by Crippen LogP contribution is 2.30. The fourth-order valence-corrected chi connectivity index (χ4v) is 5.37. The van der Waals surface area contributed by atoms with E-state index < -0.39 is 29.5 Å². The number of ether oxygens (including phenoxy) is 2. The van der Waals surface area contributed by atoms with E-state index >= 15 is 0 Å². The zero-order chi connectivity index (χ0) is 26.9. The van der Waals surface area contributed by atoms with Crippen molar-refractivity contribution in [1.29, 1.82) is 0 Å². The van der Waals surface area contributed by atoms with Crippen LogP contribution in [0.25, 0.3) is 10.9 Å². The van der Waals surface area contributed by atoms with Crippen molar-refractivity contribution in [2.45, 2.75) is 76.7 Å². The van der Waals surface area contributed by atoms with Gasteiger partial charge < -0.3 is 30.4 Å². The molecule has 1 aliphatic carbocycles. The van der Waals surface area contributed by atoms with Crippen molar-refractivity contribution in [2.75, 3.05) is 13.7 Å². The molecule has 0 bridgehead atoms.